The number of pyridine rings is 1. The highest BCUT2D eigenvalue weighted by atomic mass is 19.1. The number of benzene rings is 1. The molecule has 6 nitrogen and oxygen atoms in total. The number of rotatable bonds is 1. The van der Waals surface area contributed by atoms with Gasteiger partial charge in [-0.1, -0.05) is 0 Å². The van der Waals surface area contributed by atoms with Crippen LogP contribution >= 0.6 is 0 Å². The minimum atomic E-state index is -0.696. The van der Waals surface area contributed by atoms with E-state index in [4.69, 9.17) is 11.5 Å². The number of carbonyl (C=O) groups is 2. The SMILES string of the molecule is Nc1cc2c(cc1N)C(=O)N(c1ccc(F)nc1)C2=O. The highest BCUT2D eigenvalue weighted by Crippen LogP contribution is 2.31. The quantitative estimate of drug-likeness (QED) is 0.461. The highest BCUT2D eigenvalue weighted by molar-refractivity contribution is 6.34. The lowest BCUT2D eigenvalue weighted by molar-refractivity contribution is 0.0926. The lowest BCUT2D eigenvalue weighted by atomic mass is 10.1. The number of halogens is 1. The second-order valence-corrected chi connectivity index (χ2v) is 4.31. The average molecular weight is 272 g/mol. The lowest BCUT2D eigenvalue weighted by Gasteiger charge is -2.12. The molecule has 1 aliphatic rings. The first-order valence-corrected chi connectivity index (χ1v) is 5.68. The number of fused-ring (bicyclic) bond motifs is 1. The molecule has 0 atom stereocenters. The van der Waals surface area contributed by atoms with E-state index in [1.54, 1.807) is 0 Å². The Morgan fingerprint density at radius 3 is 2.00 bits per heavy atom. The third kappa shape index (κ3) is 1.60. The van der Waals surface area contributed by atoms with Gasteiger partial charge in [-0.2, -0.15) is 4.39 Å². The van der Waals surface area contributed by atoms with Crippen LogP contribution in [0.1, 0.15) is 20.7 Å². The van der Waals surface area contributed by atoms with Crippen LogP contribution in [0.25, 0.3) is 0 Å². The molecule has 1 aromatic carbocycles. The zero-order valence-electron chi connectivity index (χ0n) is 10.1. The van der Waals surface area contributed by atoms with Crippen LogP contribution in [0.3, 0.4) is 0 Å². The van der Waals surface area contributed by atoms with Gasteiger partial charge >= 0.3 is 0 Å². The largest absolute Gasteiger partial charge is 0.397 e. The Labute approximate surface area is 112 Å². The molecule has 2 aromatic rings. The maximum atomic E-state index is 12.8. The van der Waals surface area contributed by atoms with E-state index in [9.17, 15) is 14.0 Å². The van der Waals surface area contributed by atoms with Gasteiger partial charge in [-0.15, -0.1) is 0 Å². The number of carbonyl (C=O) groups excluding carboxylic acids is 2. The van der Waals surface area contributed by atoms with Gasteiger partial charge in [-0.05, 0) is 24.3 Å². The van der Waals surface area contributed by atoms with E-state index in [1.165, 1.54) is 18.2 Å². The number of nitrogen functional groups attached to an aromatic ring is 2. The Kier molecular flexibility index (Phi) is 2.43. The van der Waals surface area contributed by atoms with Gasteiger partial charge < -0.3 is 11.5 Å². The van der Waals surface area contributed by atoms with Gasteiger partial charge in [0.25, 0.3) is 11.8 Å². The molecule has 0 bridgehead atoms. The van der Waals surface area contributed by atoms with Crippen LogP contribution < -0.4 is 16.4 Å². The van der Waals surface area contributed by atoms with Crippen molar-refractivity contribution in [2.24, 2.45) is 0 Å². The second kappa shape index (κ2) is 4.02. The van der Waals surface area contributed by atoms with E-state index in [0.29, 0.717) is 0 Å². The van der Waals surface area contributed by atoms with Crippen molar-refractivity contribution >= 4 is 28.9 Å². The van der Waals surface area contributed by atoms with Crippen molar-refractivity contribution in [1.29, 1.82) is 0 Å². The van der Waals surface area contributed by atoms with Gasteiger partial charge in [0, 0.05) is 0 Å². The van der Waals surface area contributed by atoms with Gasteiger partial charge in [-0.25, -0.2) is 9.88 Å². The summed E-state index contributed by atoms with van der Waals surface area (Å²) in [6, 6.07) is 5.10. The summed E-state index contributed by atoms with van der Waals surface area (Å²) < 4.78 is 12.8. The number of nitrogens with two attached hydrogens (primary N) is 2. The number of imide groups is 1. The number of amides is 2. The topological polar surface area (TPSA) is 102 Å². The molecule has 0 saturated carbocycles. The van der Waals surface area contributed by atoms with Crippen LogP contribution in [-0.2, 0) is 0 Å². The third-order valence-electron chi connectivity index (χ3n) is 3.06. The standard InChI is InChI=1S/C13H9FN4O2/c14-11-2-1-6(5-17-11)18-12(19)7-3-9(15)10(16)4-8(7)13(18)20/h1-5H,15-16H2. The van der Waals surface area contributed by atoms with Gasteiger partial charge in [0.1, 0.15) is 0 Å². The first-order chi connectivity index (χ1) is 9.49. The second-order valence-electron chi connectivity index (χ2n) is 4.31. The van der Waals surface area contributed by atoms with Crippen molar-refractivity contribution in [3.8, 4) is 0 Å². The smallest absolute Gasteiger partial charge is 0.266 e. The molecule has 20 heavy (non-hydrogen) atoms. The van der Waals surface area contributed by atoms with Crippen LogP contribution in [-0.4, -0.2) is 16.8 Å². The molecule has 2 amide bonds. The fourth-order valence-corrected chi connectivity index (χ4v) is 2.05. The van der Waals surface area contributed by atoms with Gasteiger partial charge in [0.2, 0.25) is 5.95 Å². The van der Waals surface area contributed by atoms with Gasteiger partial charge in [0.05, 0.1) is 34.4 Å². The molecule has 0 radical (unpaired) electrons. The normalized spacial score (nSPS) is 13.8. The molecule has 0 spiro atoms. The molecular formula is C13H9FN4O2. The maximum absolute atomic E-state index is 12.8. The third-order valence-corrected chi connectivity index (χ3v) is 3.06. The van der Waals surface area contributed by atoms with E-state index in [1.807, 2.05) is 0 Å². The van der Waals surface area contributed by atoms with Gasteiger partial charge in [0.15, 0.2) is 0 Å². The number of hydrogen-bond acceptors (Lipinski definition) is 5. The van der Waals surface area contributed by atoms with Crippen LogP contribution in [0.2, 0.25) is 0 Å². The van der Waals surface area contributed by atoms with E-state index >= 15 is 0 Å². The number of hydrogen-bond donors (Lipinski definition) is 2. The Morgan fingerprint density at radius 1 is 1.00 bits per heavy atom. The molecule has 1 aromatic heterocycles. The first kappa shape index (κ1) is 12.1. The molecule has 7 heteroatoms. The van der Waals surface area contributed by atoms with Crippen molar-refractivity contribution in [3.05, 3.63) is 47.5 Å². The molecular weight excluding hydrogens is 263 g/mol. The van der Waals surface area contributed by atoms with Crippen molar-refractivity contribution < 1.29 is 14.0 Å². The van der Waals surface area contributed by atoms with Crippen LogP contribution in [0.15, 0.2) is 30.5 Å². The zero-order chi connectivity index (χ0) is 14.4. The zero-order valence-corrected chi connectivity index (χ0v) is 10.1. The van der Waals surface area contributed by atoms with Crippen molar-refractivity contribution in [2.75, 3.05) is 16.4 Å². The van der Waals surface area contributed by atoms with Crippen molar-refractivity contribution in [3.63, 3.8) is 0 Å². The summed E-state index contributed by atoms with van der Waals surface area (Å²) in [6.45, 7) is 0. The lowest BCUT2D eigenvalue weighted by Crippen LogP contribution is -2.29. The van der Waals surface area contributed by atoms with Crippen LogP contribution in [0.4, 0.5) is 21.5 Å². The predicted octanol–water partition coefficient (Wildman–Crippen LogP) is 1.19. The van der Waals surface area contributed by atoms with E-state index < -0.39 is 17.8 Å². The molecule has 100 valence electrons. The summed E-state index contributed by atoms with van der Waals surface area (Å²) in [7, 11) is 0. The molecule has 4 N–H and O–H groups in total. The summed E-state index contributed by atoms with van der Waals surface area (Å²) in [5, 5.41) is 0. The molecule has 0 aliphatic carbocycles. The average Bonchev–Trinajstić information content (AvgIpc) is 2.65. The summed E-state index contributed by atoms with van der Waals surface area (Å²) in [4.78, 5) is 28.8. The number of anilines is 3. The summed E-state index contributed by atoms with van der Waals surface area (Å²) >= 11 is 0. The predicted molar refractivity (Wildman–Crippen MR) is 70.6 cm³/mol. The first-order valence-electron chi connectivity index (χ1n) is 5.68. The Bertz CT molecular complexity index is 702. The van der Waals surface area contributed by atoms with Crippen molar-refractivity contribution in [1.82, 2.24) is 4.98 Å². The Hall–Kier alpha value is -2.96. The fourth-order valence-electron chi connectivity index (χ4n) is 2.05. The molecule has 0 unspecified atom stereocenters. The Morgan fingerprint density at radius 2 is 1.55 bits per heavy atom. The molecule has 3 rings (SSSR count). The molecule has 1 aliphatic heterocycles. The number of aromatic nitrogens is 1. The minimum Gasteiger partial charge on any atom is -0.397 e. The van der Waals surface area contributed by atoms with E-state index in [0.717, 1.165) is 17.2 Å². The van der Waals surface area contributed by atoms with E-state index in [2.05, 4.69) is 4.98 Å². The highest BCUT2D eigenvalue weighted by Gasteiger charge is 2.37. The number of nitrogens with zero attached hydrogens (tertiary/aromatic N) is 2. The summed E-state index contributed by atoms with van der Waals surface area (Å²) in [6.07, 6.45) is 1.11. The van der Waals surface area contributed by atoms with Crippen molar-refractivity contribution in [2.45, 2.75) is 0 Å². The van der Waals surface area contributed by atoms with Crippen LogP contribution in [0.5, 0.6) is 0 Å². The molecule has 0 fully saturated rings. The maximum Gasteiger partial charge on any atom is 0.266 e. The van der Waals surface area contributed by atoms with Crippen LogP contribution in [0, 0.1) is 5.95 Å². The Balaban J connectivity index is 2.12. The monoisotopic (exact) mass is 272 g/mol. The fraction of sp³-hybridized carbons (Fsp3) is 0. The molecule has 0 saturated heterocycles. The molecule has 2 heterocycles. The summed E-state index contributed by atoms with van der Waals surface area (Å²) in [5.74, 6) is -1.77. The van der Waals surface area contributed by atoms with Gasteiger partial charge in [-0.3, -0.25) is 9.59 Å². The van der Waals surface area contributed by atoms with E-state index in [-0.39, 0.29) is 28.2 Å². The summed E-state index contributed by atoms with van der Waals surface area (Å²) in [5.41, 5.74) is 12.3. The minimum absolute atomic E-state index is 0.172.